The van der Waals surface area contributed by atoms with Gasteiger partial charge in [0.15, 0.2) is 0 Å². The van der Waals surface area contributed by atoms with Crippen molar-refractivity contribution in [3.8, 4) is 22.6 Å². The van der Waals surface area contributed by atoms with E-state index in [0.717, 1.165) is 86.1 Å². The highest BCUT2D eigenvalue weighted by atomic mass is 79.9. The molecule has 4 aromatic carbocycles. The molecule has 2 saturated heterocycles. The molecule has 4 aromatic rings. The largest absolute Gasteiger partial charge is 0.492 e. The number of hydrogen-bond donors (Lipinski definition) is 0. The molecule has 0 N–H and O–H groups in total. The molecular formula is C37H38Br2N2O4. The summed E-state index contributed by atoms with van der Waals surface area (Å²) in [5, 5.41) is 0. The van der Waals surface area contributed by atoms with E-state index in [1.807, 2.05) is 0 Å². The molecule has 2 aliphatic heterocycles. The summed E-state index contributed by atoms with van der Waals surface area (Å²) in [6.45, 7) is 10.2. The summed E-state index contributed by atoms with van der Waals surface area (Å²) in [6.07, 6.45) is 0. The highest BCUT2D eigenvalue weighted by Crippen LogP contribution is 2.57. The molecule has 6 nitrogen and oxygen atoms in total. The van der Waals surface area contributed by atoms with Crippen LogP contribution in [0.25, 0.3) is 11.1 Å². The minimum Gasteiger partial charge on any atom is -0.492 e. The molecule has 0 bridgehead atoms. The Morgan fingerprint density at radius 2 is 0.956 bits per heavy atom. The minimum atomic E-state index is -0.517. The van der Waals surface area contributed by atoms with Gasteiger partial charge in [-0.05, 0) is 81.9 Å². The van der Waals surface area contributed by atoms with Crippen molar-refractivity contribution in [2.24, 2.45) is 0 Å². The zero-order valence-corrected chi connectivity index (χ0v) is 28.5. The third-order valence-electron chi connectivity index (χ3n) is 9.20. The van der Waals surface area contributed by atoms with Crippen molar-refractivity contribution < 1.29 is 18.9 Å². The quantitative estimate of drug-likeness (QED) is 0.154. The van der Waals surface area contributed by atoms with Crippen LogP contribution in [0.3, 0.4) is 0 Å². The van der Waals surface area contributed by atoms with Gasteiger partial charge in [0.2, 0.25) is 0 Å². The smallest absolute Gasteiger partial charge is 0.119 e. The Hall–Kier alpha value is -2.72. The van der Waals surface area contributed by atoms with Gasteiger partial charge in [0.25, 0.3) is 0 Å². The van der Waals surface area contributed by atoms with Gasteiger partial charge in [0.1, 0.15) is 24.7 Å². The van der Waals surface area contributed by atoms with Crippen LogP contribution in [0.4, 0.5) is 0 Å². The number of benzene rings is 4. The zero-order valence-electron chi connectivity index (χ0n) is 25.4. The Balaban J connectivity index is 1.21. The second-order valence-electron chi connectivity index (χ2n) is 11.8. The summed E-state index contributed by atoms with van der Waals surface area (Å²) >= 11 is 7.59. The summed E-state index contributed by atoms with van der Waals surface area (Å²) < 4.78 is 25.5. The Morgan fingerprint density at radius 3 is 1.36 bits per heavy atom. The standard InChI is InChI=1S/C37H38Br2N2O4/c38-29-5-11-33-34-12-6-30(39)26-36(34)37(35(33)25-29,27-1-7-31(8-2-27)44-23-17-40-13-19-42-20-14-40)28-3-9-32(10-4-28)45-24-18-41-15-21-43-22-16-41/h1-12,25-26H,13-24H2. The highest BCUT2D eigenvalue weighted by Gasteiger charge is 2.46. The molecule has 0 radical (unpaired) electrons. The van der Waals surface area contributed by atoms with Crippen LogP contribution in [0.2, 0.25) is 0 Å². The van der Waals surface area contributed by atoms with Crippen molar-refractivity contribution in [3.05, 3.63) is 116 Å². The van der Waals surface area contributed by atoms with Crippen molar-refractivity contribution in [2.75, 3.05) is 78.9 Å². The minimum absolute atomic E-state index is 0.517. The number of rotatable bonds is 10. The maximum atomic E-state index is 6.21. The number of ether oxygens (including phenoxy) is 4. The van der Waals surface area contributed by atoms with E-state index in [4.69, 9.17) is 18.9 Å². The van der Waals surface area contributed by atoms with Gasteiger partial charge in [-0.25, -0.2) is 0 Å². The van der Waals surface area contributed by atoms with E-state index in [1.54, 1.807) is 0 Å². The molecule has 0 saturated carbocycles. The number of halogens is 2. The molecule has 8 heteroatoms. The van der Waals surface area contributed by atoms with Crippen LogP contribution in [0.5, 0.6) is 11.5 Å². The predicted molar refractivity (Wildman–Crippen MR) is 185 cm³/mol. The lowest BCUT2D eigenvalue weighted by atomic mass is 9.67. The monoisotopic (exact) mass is 732 g/mol. The van der Waals surface area contributed by atoms with Gasteiger partial charge < -0.3 is 18.9 Å². The first-order chi connectivity index (χ1) is 22.1. The van der Waals surface area contributed by atoms with Gasteiger partial charge in [-0.15, -0.1) is 0 Å². The highest BCUT2D eigenvalue weighted by molar-refractivity contribution is 9.10. The molecule has 7 rings (SSSR count). The Bertz CT molecular complexity index is 1480. The molecule has 2 heterocycles. The molecule has 234 valence electrons. The van der Waals surface area contributed by atoms with Crippen molar-refractivity contribution in [2.45, 2.75) is 5.41 Å². The number of fused-ring (bicyclic) bond motifs is 3. The third kappa shape index (κ3) is 6.46. The Kier molecular flexibility index (Phi) is 9.58. The van der Waals surface area contributed by atoms with Crippen molar-refractivity contribution in [3.63, 3.8) is 0 Å². The zero-order chi connectivity index (χ0) is 30.6. The van der Waals surface area contributed by atoms with Crippen LogP contribution in [0, 0.1) is 0 Å². The molecule has 0 unspecified atom stereocenters. The van der Waals surface area contributed by atoms with Gasteiger partial charge in [-0.1, -0.05) is 68.3 Å². The molecule has 0 spiro atoms. The van der Waals surface area contributed by atoms with Crippen molar-refractivity contribution >= 4 is 31.9 Å². The fraction of sp³-hybridized carbons (Fsp3) is 0.351. The van der Waals surface area contributed by atoms with Crippen LogP contribution in [0.1, 0.15) is 22.3 Å². The van der Waals surface area contributed by atoms with E-state index in [-0.39, 0.29) is 0 Å². The van der Waals surface area contributed by atoms with E-state index in [2.05, 4.69) is 127 Å². The van der Waals surface area contributed by atoms with Gasteiger partial charge in [-0.3, -0.25) is 9.80 Å². The van der Waals surface area contributed by atoms with Gasteiger partial charge in [0.05, 0.1) is 31.8 Å². The fourth-order valence-electron chi connectivity index (χ4n) is 6.89. The normalized spacial score (nSPS) is 17.9. The topological polar surface area (TPSA) is 43.4 Å². The lowest BCUT2D eigenvalue weighted by molar-refractivity contribution is 0.0321. The summed E-state index contributed by atoms with van der Waals surface area (Å²) in [5.41, 5.74) is 6.88. The molecule has 45 heavy (non-hydrogen) atoms. The van der Waals surface area contributed by atoms with Crippen molar-refractivity contribution in [1.29, 1.82) is 0 Å². The maximum absolute atomic E-state index is 6.21. The number of nitrogens with zero attached hydrogens (tertiary/aromatic N) is 2. The van der Waals surface area contributed by atoms with Crippen LogP contribution < -0.4 is 9.47 Å². The Morgan fingerprint density at radius 1 is 0.556 bits per heavy atom. The second kappa shape index (κ2) is 14.0. The second-order valence-corrected chi connectivity index (χ2v) is 13.6. The van der Waals surface area contributed by atoms with Crippen LogP contribution in [-0.4, -0.2) is 88.7 Å². The Labute approximate surface area is 282 Å². The van der Waals surface area contributed by atoms with Gasteiger partial charge in [0, 0.05) is 48.2 Å². The van der Waals surface area contributed by atoms with E-state index in [1.165, 1.54) is 33.4 Å². The first-order valence-electron chi connectivity index (χ1n) is 15.8. The number of hydrogen-bond acceptors (Lipinski definition) is 6. The van der Waals surface area contributed by atoms with Crippen LogP contribution in [-0.2, 0) is 14.9 Å². The molecular weight excluding hydrogens is 696 g/mol. The third-order valence-corrected chi connectivity index (χ3v) is 10.2. The maximum Gasteiger partial charge on any atom is 0.119 e. The first kappa shape index (κ1) is 30.9. The van der Waals surface area contributed by atoms with E-state index < -0.39 is 5.41 Å². The summed E-state index contributed by atoms with van der Waals surface area (Å²) in [4.78, 5) is 4.79. The number of morpholine rings is 2. The summed E-state index contributed by atoms with van der Waals surface area (Å²) in [7, 11) is 0. The van der Waals surface area contributed by atoms with E-state index >= 15 is 0 Å². The fourth-order valence-corrected chi connectivity index (χ4v) is 7.62. The van der Waals surface area contributed by atoms with Gasteiger partial charge in [-0.2, -0.15) is 0 Å². The molecule has 2 fully saturated rings. The van der Waals surface area contributed by atoms with Crippen LogP contribution in [0.15, 0.2) is 93.9 Å². The van der Waals surface area contributed by atoms with Crippen molar-refractivity contribution in [1.82, 2.24) is 9.80 Å². The summed E-state index contributed by atoms with van der Waals surface area (Å²) in [6, 6.07) is 30.7. The van der Waals surface area contributed by atoms with E-state index in [0.29, 0.717) is 13.2 Å². The average Bonchev–Trinajstić information content (AvgIpc) is 3.35. The average molecular weight is 735 g/mol. The molecule has 1 aliphatic carbocycles. The SMILES string of the molecule is Brc1ccc2c(c1)C(c1ccc(OCCN3CCOCC3)cc1)(c1ccc(OCCN3CCOCC3)cc1)c1cc(Br)ccc1-2. The molecule has 3 aliphatic rings. The first-order valence-corrected chi connectivity index (χ1v) is 17.4. The lowest BCUT2D eigenvalue weighted by Gasteiger charge is -2.34. The lowest BCUT2D eigenvalue weighted by Crippen LogP contribution is -2.38. The summed E-state index contributed by atoms with van der Waals surface area (Å²) in [5.74, 6) is 1.77. The predicted octanol–water partition coefficient (Wildman–Crippen LogP) is 7.00. The van der Waals surface area contributed by atoms with Gasteiger partial charge >= 0.3 is 0 Å². The molecule has 0 aromatic heterocycles. The van der Waals surface area contributed by atoms with Crippen LogP contribution >= 0.6 is 31.9 Å². The van der Waals surface area contributed by atoms with E-state index in [9.17, 15) is 0 Å². The molecule has 0 amide bonds. The molecule has 0 atom stereocenters.